The summed E-state index contributed by atoms with van der Waals surface area (Å²) in [6.45, 7) is 0. The van der Waals surface area contributed by atoms with E-state index in [9.17, 15) is 0 Å². The molecule has 4 nitrogen and oxygen atoms in total. The molecule has 0 N–H and O–H groups in total. The second kappa shape index (κ2) is 7.63. The average molecular weight is 385 g/mol. The summed E-state index contributed by atoms with van der Waals surface area (Å²) in [4.78, 5) is 4.69. The fraction of sp³-hybridized carbons (Fsp3) is 0.240. The lowest BCUT2D eigenvalue weighted by molar-refractivity contribution is 0.201. The zero-order valence-electron chi connectivity index (χ0n) is 16.4. The Morgan fingerprint density at radius 1 is 0.862 bits per heavy atom. The lowest BCUT2D eigenvalue weighted by Crippen LogP contribution is -2.11. The highest BCUT2D eigenvalue weighted by atomic mass is 16.5. The molecule has 0 spiro atoms. The van der Waals surface area contributed by atoms with E-state index in [2.05, 4.69) is 23.2 Å². The minimum absolute atomic E-state index is 0.270. The lowest BCUT2D eigenvalue weighted by atomic mass is 9.99. The van der Waals surface area contributed by atoms with Crippen LogP contribution in [0.1, 0.15) is 25.7 Å². The third-order valence-electron chi connectivity index (χ3n) is 5.52. The van der Waals surface area contributed by atoms with Crippen molar-refractivity contribution < 1.29 is 13.9 Å². The highest BCUT2D eigenvalue weighted by Gasteiger charge is 2.20. The van der Waals surface area contributed by atoms with E-state index >= 15 is 0 Å². The maximum absolute atomic E-state index is 6.29. The first-order valence-corrected chi connectivity index (χ1v) is 10.1. The minimum Gasteiger partial charge on any atom is -0.493 e. The summed E-state index contributed by atoms with van der Waals surface area (Å²) < 4.78 is 17.9. The quantitative estimate of drug-likeness (QED) is 0.394. The highest BCUT2D eigenvalue weighted by molar-refractivity contribution is 5.84. The topological polar surface area (TPSA) is 44.5 Å². The van der Waals surface area contributed by atoms with Gasteiger partial charge in [-0.05, 0) is 67.1 Å². The average Bonchev–Trinajstić information content (AvgIpc) is 3.43. The molecule has 1 aromatic heterocycles. The monoisotopic (exact) mass is 385 g/mol. The van der Waals surface area contributed by atoms with E-state index in [0.717, 1.165) is 52.1 Å². The second-order valence-corrected chi connectivity index (χ2v) is 7.42. The van der Waals surface area contributed by atoms with Crippen LogP contribution >= 0.6 is 0 Å². The molecule has 4 aromatic rings. The van der Waals surface area contributed by atoms with Crippen molar-refractivity contribution in [2.45, 2.75) is 31.8 Å². The van der Waals surface area contributed by atoms with E-state index in [4.69, 9.17) is 13.9 Å². The first-order valence-electron chi connectivity index (χ1n) is 10.1. The van der Waals surface area contributed by atoms with E-state index in [1.54, 1.807) is 7.11 Å². The van der Waals surface area contributed by atoms with Crippen molar-refractivity contribution >= 4 is 11.1 Å². The Morgan fingerprint density at radius 2 is 1.62 bits per heavy atom. The predicted octanol–water partition coefficient (Wildman–Crippen LogP) is 6.49. The summed E-state index contributed by atoms with van der Waals surface area (Å²) in [5.74, 6) is 2.18. The summed E-state index contributed by atoms with van der Waals surface area (Å²) >= 11 is 0. The number of ether oxygens (including phenoxy) is 2. The molecule has 3 aromatic carbocycles. The maximum Gasteiger partial charge on any atom is 0.227 e. The van der Waals surface area contributed by atoms with Crippen LogP contribution in [-0.4, -0.2) is 18.2 Å². The van der Waals surface area contributed by atoms with Crippen LogP contribution in [0.2, 0.25) is 0 Å². The lowest BCUT2D eigenvalue weighted by Gasteiger charge is -2.17. The molecule has 4 heteroatoms. The molecule has 0 unspecified atom stereocenters. The molecule has 5 rings (SSSR count). The number of hydrogen-bond acceptors (Lipinski definition) is 4. The number of rotatable bonds is 5. The largest absolute Gasteiger partial charge is 0.493 e. The number of aromatic nitrogens is 1. The Morgan fingerprint density at radius 3 is 2.41 bits per heavy atom. The summed E-state index contributed by atoms with van der Waals surface area (Å²) in [5.41, 5.74) is 4.71. The smallest absolute Gasteiger partial charge is 0.227 e. The van der Waals surface area contributed by atoms with Crippen LogP contribution in [-0.2, 0) is 0 Å². The molecule has 0 radical (unpaired) electrons. The van der Waals surface area contributed by atoms with Crippen molar-refractivity contribution in [1.82, 2.24) is 4.98 Å². The van der Waals surface area contributed by atoms with Crippen LogP contribution in [0, 0.1) is 0 Å². The third kappa shape index (κ3) is 3.46. The number of para-hydroxylation sites is 2. The Kier molecular flexibility index (Phi) is 4.68. The number of oxazole rings is 1. The molecule has 0 saturated heterocycles. The molecule has 0 aliphatic heterocycles. The van der Waals surface area contributed by atoms with Gasteiger partial charge in [0.1, 0.15) is 5.52 Å². The van der Waals surface area contributed by atoms with Gasteiger partial charge in [-0.15, -0.1) is 0 Å². The van der Waals surface area contributed by atoms with Crippen molar-refractivity contribution in [3.05, 3.63) is 66.7 Å². The van der Waals surface area contributed by atoms with Gasteiger partial charge >= 0.3 is 0 Å². The van der Waals surface area contributed by atoms with Gasteiger partial charge in [-0.3, -0.25) is 0 Å². The van der Waals surface area contributed by atoms with Crippen LogP contribution in [0.3, 0.4) is 0 Å². The van der Waals surface area contributed by atoms with Gasteiger partial charge in [-0.25, -0.2) is 4.98 Å². The van der Waals surface area contributed by atoms with Crippen molar-refractivity contribution in [2.24, 2.45) is 0 Å². The Hall–Kier alpha value is -3.27. The van der Waals surface area contributed by atoms with Crippen LogP contribution in [0.15, 0.2) is 71.1 Å². The summed E-state index contributed by atoms with van der Waals surface area (Å²) in [7, 11) is 1.68. The number of benzene rings is 3. The van der Waals surface area contributed by atoms with E-state index in [1.165, 1.54) is 12.8 Å². The molecule has 1 saturated carbocycles. The van der Waals surface area contributed by atoms with E-state index in [0.29, 0.717) is 5.89 Å². The van der Waals surface area contributed by atoms with Crippen LogP contribution < -0.4 is 9.47 Å². The SMILES string of the molecule is COc1ccc(-c2ccccc2-c2nc3ccccc3o2)cc1OC1CCCC1. The summed E-state index contributed by atoms with van der Waals surface area (Å²) in [6, 6.07) is 22.1. The van der Waals surface area contributed by atoms with Gasteiger partial charge in [0, 0.05) is 5.56 Å². The van der Waals surface area contributed by atoms with Gasteiger partial charge in [-0.1, -0.05) is 36.4 Å². The number of hydrogen-bond donors (Lipinski definition) is 0. The third-order valence-corrected chi connectivity index (χ3v) is 5.52. The molecule has 1 aliphatic rings. The van der Waals surface area contributed by atoms with Crippen LogP contribution in [0.4, 0.5) is 0 Å². The van der Waals surface area contributed by atoms with E-state index < -0.39 is 0 Å². The highest BCUT2D eigenvalue weighted by Crippen LogP contribution is 2.39. The van der Waals surface area contributed by atoms with Gasteiger partial charge < -0.3 is 13.9 Å². The molecular formula is C25H23NO3. The summed E-state index contributed by atoms with van der Waals surface area (Å²) in [5, 5.41) is 0. The summed E-state index contributed by atoms with van der Waals surface area (Å²) in [6.07, 6.45) is 4.94. The first-order chi connectivity index (χ1) is 14.3. The molecule has 1 fully saturated rings. The second-order valence-electron chi connectivity index (χ2n) is 7.42. The number of methoxy groups -OCH3 is 1. The molecule has 29 heavy (non-hydrogen) atoms. The van der Waals surface area contributed by atoms with E-state index in [-0.39, 0.29) is 6.10 Å². The molecule has 1 heterocycles. The molecule has 0 amide bonds. The maximum atomic E-state index is 6.29. The molecule has 0 atom stereocenters. The molecule has 146 valence electrons. The normalized spacial score (nSPS) is 14.4. The molecular weight excluding hydrogens is 362 g/mol. The first kappa shape index (κ1) is 17.8. The van der Waals surface area contributed by atoms with Crippen molar-refractivity contribution in [3.63, 3.8) is 0 Å². The van der Waals surface area contributed by atoms with Gasteiger partial charge in [-0.2, -0.15) is 0 Å². The van der Waals surface area contributed by atoms with Crippen molar-refractivity contribution in [1.29, 1.82) is 0 Å². The number of fused-ring (bicyclic) bond motifs is 1. The Labute approximate surface area is 170 Å². The zero-order chi connectivity index (χ0) is 19.6. The van der Waals surface area contributed by atoms with Crippen LogP contribution in [0.25, 0.3) is 33.7 Å². The van der Waals surface area contributed by atoms with Gasteiger partial charge in [0.25, 0.3) is 0 Å². The fourth-order valence-electron chi connectivity index (χ4n) is 4.03. The number of nitrogens with zero attached hydrogens (tertiary/aromatic N) is 1. The molecule has 0 bridgehead atoms. The van der Waals surface area contributed by atoms with Crippen molar-refractivity contribution in [2.75, 3.05) is 7.11 Å². The molecule has 1 aliphatic carbocycles. The van der Waals surface area contributed by atoms with Crippen LogP contribution in [0.5, 0.6) is 11.5 Å². The van der Waals surface area contributed by atoms with E-state index in [1.807, 2.05) is 48.5 Å². The standard InChI is InChI=1S/C25H23NO3/c1-27-23-15-14-17(16-24(23)28-18-8-2-3-9-18)19-10-4-5-11-20(19)25-26-21-12-6-7-13-22(21)29-25/h4-7,10-16,18H,2-3,8-9H2,1H3. The van der Waals surface area contributed by atoms with Gasteiger partial charge in [0.05, 0.1) is 13.2 Å². The fourth-order valence-corrected chi connectivity index (χ4v) is 4.03. The van der Waals surface area contributed by atoms with Crippen molar-refractivity contribution in [3.8, 4) is 34.1 Å². The minimum atomic E-state index is 0.270. The Bertz CT molecular complexity index is 1110. The Balaban J connectivity index is 1.57. The van der Waals surface area contributed by atoms with Gasteiger partial charge in [0.2, 0.25) is 5.89 Å². The van der Waals surface area contributed by atoms with Gasteiger partial charge in [0.15, 0.2) is 17.1 Å². The predicted molar refractivity (Wildman–Crippen MR) is 114 cm³/mol. The zero-order valence-corrected chi connectivity index (χ0v) is 16.4.